The van der Waals surface area contributed by atoms with E-state index in [0.29, 0.717) is 16.3 Å². The number of hydrogen-bond donors (Lipinski definition) is 2. The number of nitrogens with one attached hydrogen (secondary N) is 1. The van der Waals surface area contributed by atoms with E-state index in [1.165, 1.54) is 6.07 Å². The lowest BCUT2D eigenvalue weighted by molar-refractivity contribution is 0.403. The van der Waals surface area contributed by atoms with Crippen molar-refractivity contribution in [1.29, 1.82) is 0 Å². The second-order valence-corrected chi connectivity index (χ2v) is 5.44. The van der Waals surface area contributed by atoms with Crippen molar-refractivity contribution in [2.75, 3.05) is 7.11 Å². The smallest absolute Gasteiger partial charge is 0.129 e. The van der Waals surface area contributed by atoms with Gasteiger partial charge in [0.25, 0.3) is 0 Å². The van der Waals surface area contributed by atoms with Crippen LogP contribution in [-0.2, 0) is 0 Å². The molecule has 1 unspecified atom stereocenters. The van der Waals surface area contributed by atoms with Gasteiger partial charge >= 0.3 is 0 Å². The molecule has 2 rings (SSSR count). The summed E-state index contributed by atoms with van der Waals surface area (Å²) in [6.07, 6.45) is 0. The minimum absolute atomic E-state index is 0.285. The molecule has 0 bridgehead atoms. The molecule has 0 spiro atoms. The Balaban J connectivity index is 2.61. The van der Waals surface area contributed by atoms with E-state index in [2.05, 4.69) is 21.4 Å². The third kappa shape index (κ3) is 2.96. The SMILES string of the molecule is COc1ccc(Br)cc1C(NN)c1c(F)cccc1Cl. The molecule has 0 amide bonds. The van der Waals surface area contributed by atoms with Crippen LogP contribution in [0.25, 0.3) is 0 Å². The molecule has 0 heterocycles. The zero-order chi connectivity index (χ0) is 14.7. The molecule has 6 heteroatoms. The van der Waals surface area contributed by atoms with Crippen LogP contribution in [-0.4, -0.2) is 7.11 Å². The van der Waals surface area contributed by atoms with Crippen molar-refractivity contribution in [2.45, 2.75) is 6.04 Å². The molecule has 1 atom stereocenters. The molecule has 0 saturated carbocycles. The van der Waals surface area contributed by atoms with Crippen molar-refractivity contribution >= 4 is 27.5 Å². The Labute approximate surface area is 130 Å². The first-order chi connectivity index (χ1) is 9.58. The zero-order valence-electron chi connectivity index (χ0n) is 10.7. The fourth-order valence-electron chi connectivity index (χ4n) is 2.05. The van der Waals surface area contributed by atoms with E-state index in [9.17, 15) is 4.39 Å². The number of ether oxygens (including phenoxy) is 1. The van der Waals surface area contributed by atoms with Gasteiger partial charge in [-0.05, 0) is 30.3 Å². The van der Waals surface area contributed by atoms with Crippen molar-refractivity contribution in [3.8, 4) is 5.75 Å². The lowest BCUT2D eigenvalue weighted by Gasteiger charge is -2.21. The summed E-state index contributed by atoms with van der Waals surface area (Å²) >= 11 is 9.48. The molecule has 0 saturated heterocycles. The molecule has 0 fully saturated rings. The summed E-state index contributed by atoms with van der Waals surface area (Å²) in [5.74, 6) is 5.77. The second-order valence-electron chi connectivity index (χ2n) is 4.12. The van der Waals surface area contributed by atoms with Gasteiger partial charge < -0.3 is 4.74 Å². The van der Waals surface area contributed by atoms with Crippen LogP contribution in [0.15, 0.2) is 40.9 Å². The van der Waals surface area contributed by atoms with Crippen molar-refractivity contribution in [3.63, 3.8) is 0 Å². The van der Waals surface area contributed by atoms with Crippen LogP contribution in [0, 0.1) is 5.82 Å². The molecule has 2 aromatic carbocycles. The Hall–Kier alpha value is -1.14. The lowest BCUT2D eigenvalue weighted by Crippen LogP contribution is -2.30. The number of hydrogen-bond acceptors (Lipinski definition) is 3. The van der Waals surface area contributed by atoms with E-state index >= 15 is 0 Å². The Kier molecular flexibility index (Phi) is 4.99. The molecule has 20 heavy (non-hydrogen) atoms. The van der Waals surface area contributed by atoms with Crippen LogP contribution < -0.4 is 16.0 Å². The monoisotopic (exact) mass is 358 g/mol. The molecule has 0 radical (unpaired) electrons. The summed E-state index contributed by atoms with van der Waals surface area (Å²) in [5, 5.41) is 0.301. The van der Waals surface area contributed by atoms with Gasteiger partial charge in [0.2, 0.25) is 0 Å². The van der Waals surface area contributed by atoms with Crippen LogP contribution in [0.4, 0.5) is 4.39 Å². The Bertz CT molecular complexity index is 604. The molecule has 3 nitrogen and oxygen atoms in total. The third-order valence-corrected chi connectivity index (χ3v) is 3.78. The highest BCUT2D eigenvalue weighted by atomic mass is 79.9. The highest BCUT2D eigenvalue weighted by Crippen LogP contribution is 2.36. The predicted molar refractivity (Wildman–Crippen MR) is 81.3 cm³/mol. The first-order valence-electron chi connectivity index (χ1n) is 5.82. The molecule has 0 aliphatic rings. The van der Waals surface area contributed by atoms with Crippen LogP contribution >= 0.6 is 27.5 Å². The Morgan fingerprint density at radius 2 is 2.10 bits per heavy atom. The van der Waals surface area contributed by atoms with Gasteiger partial charge in [0.05, 0.1) is 13.2 Å². The molecule has 0 aromatic heterocycles. The van der Waals surface area contributed by atoms with Gasteiger partial charge in [-0.3, -0.25) is 5.84 Å². The van der Waals surface area contributed by atoms with Crippen molar-refractivity contribution in [3.05, 3.63) is 62.8 Å². The Morgan fingerprint density at radius 3 is 2.70 bits per heavy atom. The summed E-state index contributed by atoms with van der Waals surface area (Å²) < 4.78 is 20.2. The van der Waals surface area contributed by atoms with Gasteiger partial charge in [-0.2, -0.15) is 0 Å². The molecule has 3 N–H and O–H groups in total. The van der Waals surface area contributed by atoms with Gasteiger partial charge in [-0.25, -0.2) is 9.82 Å². The summed E-state index contributed by atoms with van der Waals surface area (Å²) in [6, 6.07) is 9.32. The quantitative estimate of drug-likeness (QED) is 0.645. The lowest BCUT2D eigenvalue weighted by atomic mass is 9.98. The maximum atomic E-state index is 14.1. The average Bonchev–Trinajstić information content (AvgIpc) is 2.43. The van der Waals surface area contributed by atoms with E-state index in [1.54, 1.807) is 25.3 Å². The van der Waals surface area contributed by atoms with Gasteiger partial charge in [-0.15, -0.1) is 0 Å². The first-order valence-corrected chi connectivity index (χ1v) is 6.99. The highest BCUT2D eigenvalue weighted by molar-refractivity contribution is 9.10. The minimum Gasteiger partial charge on any atom is -0.496 e. The summed E-state index contributed by atoms with van der Waals surface area (Å²) in [4.78, 5) is 0. The molecule has 106 valence electrons. The molecule has 0 aliphatic carbocycles. The van der Waals surface area contributed by atoms with Crippen LogP contribution in [0.2, 0.25) is 5.02 Å². The zero-order valence-corrected chi connectivity index (χ0v) is 13.0. The van der Waals surface area contributed by atoms with Gasteiger partial charge in [0, 0.05) is 20.6 Å². The fraction of sp³-hybridized carbons (Fsp3) is 0.143. The molecule has 0 aliphatic heterocycles. The normalized spacial score (nSPS) is 12.2. The summed E-state index contributed by atoms with van der Waals surface area (Å²) in [7, 11) is 1.54. The minimum atomic E-state index is -0.615. The largest absolute Gasteiger partial charge is 0.496 e. The van der Waals surface area contributed by atoms with Crippen LogP contribution in [0.1, 0.15) is 17.2 Å². The van der Waals surface area contributed by atoms with E-state index in [4.69, 9.17) is 22.2 Å². The molecular weight excluding hydrogens is 347 g/mol. The van der Waals surface area contributed by atoms with Gasteiger partial charge in [-0.1, -0.05) is 33.6 Å². The fourth-order valence-corrected chi connectivity index (χ4v) is 2.70. The summed E-state index contributed by atoms with van der Waals surface area (Å²) in [5.41, 5.74) is 3.57. The van der Waals surface area contributed by atoms with E-state index in [0.717, 1.165) is 4.47 Å². The van der Waals surface area contributed by atoms with E-state index < -0.39 is 11.9 Å². The predicted octanol–water partition coefficient (Wildman–Crippen LogP) is 3.80. The van der Waals surface area contributed by atoms with Gasteiger partial charge in [0.15, 0.2) is 0 Å². The molecular formula is C14H13BrClFN2O. The number of halogens is 3. The number of rotatable bonds is 4. The maximum Gasteiger partial charge on any atom is 0.129 e. The topological polar surface area (TPSA) is 47.3 Å². The maximum absolute atomic E-state index is 14.1. The first kappa shape index (κ1) is 15.3. The van der Waals surface area contributed by atoms with Crippen molar-refractivity contribution < 1.29 is 9.13 Å². The Morgan fingerprint density at radius 1 is 1.35 bits per heavy atom. The third-order valence-electron chi connectivity index (χ3n) is 2.96. The number of benzene rings is 2. The van der Waals surface area contributed by atoms with E-state index in [-0.39, 0.29) is 5.56 Å². The second kappa shape index (κ2) is 6.54. The van der Waals surface area contributed by atoms with Crippen LogP contribution in [0.3, 0.4) is 0 Å². The van der Waals surface area contributed by atoms with Crippen molar-refractivity contribution in [2.24, 2.45) is 5.84 Å². The number of nitrogens with two attached hydrogens (primary N) is 1. The summed E-state index contributed by atoms with van der Waals surface area (Å²) in [6.45, 7) is 0. The standard InChI is InChI=1S/C14H13BrClFN2O/c1-20-12-6-5-8(15)7-9(12)14(19-18)13-10(16)3-2-4-11(13)17/h2-7,14,19H,18H2,1H3. The van der Waals surface area contributed by atoms with Crippen molar-refractivity contribution in [1.82, 2.24) is 5.43 Å². The molecule has 2 aromatic rings. The number of methoxy groups -OCH3 is 1. The number of hydrazine groups is 1. The van der Waals surface area contributed by atoms with E-state index in [1.807, 2.05) is 12.1 Å². The van der Waals surface area contributed by atoms with Crippen LogP contribution in [0.5, 0.6) is 5.75 Å². The highest BCUT2D eigenvalue weighted by Gasteiger charge is 2.23. The average molecular weight is 360 g/mol. The van der Waals surface area contributed by atoms with Gasteiger partial charge in [0.1, 0.15) is 11.6 Å².